The smallest absolute Gasteiger partial charge is 0.264 e. The van der Waals surface area contributed by atoms with Gasteiger partial charge in [-0.3, -0.25) is 30.3 Å². The van der Waals surface area contributed by atoms with Gasteiger partial charge in [-0.25, -0.2) is 0 Å². The van der Waals surface area contributed by atoms with Crippen molar-refractivity contribution in [2.75, 3.05) is 0 Å². The Kier molecular flexibility index (Phi) is 4.60. The van der Waals surface area contributed by atoms with Gasteiger partial charge in [-0.15, -0.1) is 0 Å². The van der Waals surface area contributed by atoms with E-state index in [0.717, 1.165) is 0 Å². The van der Waals surface area contributed by atoms with Crippen molar-refractivity contribution >= 4 is 5.69 Å². The predicted molar refractivity (Wildman–Crippen MR) is 79.9 cm³/mol. The summed E-state index contributed by atoms with van der Waals surface area (Å²) in [5, 5.41) is 32.5. The molecule has 2 aromatic rings. The van der Waals surface area contributed by atoms with Gasteiger partial charge in [-0.1, -0.05) is 30.3 Å². The summed E-state index contributed by atoms with van der Waals surface area (Å²) in [6.07, 6.45) is 0. The number of nitrogens with zero attached hydrogens (tertiary/aromatic N) is 3. The molecule has 0 N–H and O–H groups in total. The van der Waals surface area contributed by atoms with Gasteiger partial charge in [0, 0.05) is 33.1 Å². The lowest BCUT2D eigenvalue weighted by atomic mass is 9.95. The highest BCUT2D eigenvalue weighted by atomic mass is 16.6. The van der Waals surface area contributed by atoms with Crippen LogP contribution in [0.2, 0.25) is 0 Å². The van der Waals surface area contributed by atoms with Crippen molar-refractivity contribution in [2.24, 2.45) is 0 Å². The van der Waals surface area contributed by atoms with Gasteiger partial charge in [0.25, 0.3) is 5.69 Å². The van der Waals surface area contributed by atoms with E-state index in [1.54, 1.807) is 12.1 Å². The maximum absolute atomic E-state index is 10.9. The van der Waals surface area contributed by atoms with E-state index in [1.807, 2.05) is 0 Å². The molecule has 0 atom stereocenters. The summed E-state index contributed by atoms with van der Waals surface area (Å²) in [7, 11) is 0. The summed E-state index contributed by atoms with van der Waals surface area (Å²) >= 11 is 0. The predicted octanol–water partition coefficient (Wildman–Crippen LogP) is 2.82. The number of nitro benzene ring substituents is 1. The molecular formula is C14H11N3O6. The van der Waals surface area contributed by atoms with Crippen LogP contribution in [0, 0.1) is 30.3 Å². The molecule has 0 aliphatic carbocycles. The maximum Gasteiger partial charge on any atom is 0.270 e. The first-order valence-electron chi connectivity index (χ1n) is 6.47. The van der Waals surface area contributed by atoms with Crippen molar-refractivity contribution in [1.82, 2.24) is 0 Å². The van der Waals surface area contributed by atoms with Crippen molar-refractivity contribution in [2.45, 2.75) is 13.1 Å². The van der Waals surface area contributed by atoms with Gasteiger partial charge in [-0.05, 0) is 11.1 Å². The molecule has 0 saturated carbocycles. The Morgan fingerprint density at radius 1 is 0.826 bits per heavy atom. The molecule has 2 rings (SSSR count). The summed E-state index contributed by atoms with van der Waals surface area (Å²) in [6.45, 7) is -1.14. The molecule has 0 unspecified atom stereocenters. The first-order valence-corrected chi connectivity index (χ1v) is 6.47. The molecule has 0 amide bonds. The van der Waals surface area contributed by atoms with Crippen LogP contribution in [0.3, 0.4) is 0 Å². The monoisotopic (exact) mass is 317 g/mol. The molecule has 0 heterocycles. The normalized spacial score (nSPS) is 10.3. The second-order valence-corrected chi connectivity index (χ2v) is 4.73. The van der Waals surface area contributed by atoms with E-state index in [4.69, 9.17) is 0 Å². The zero-order valence-corrected chi connectivity index (χ0v) is 11.7. The minimum atomic E-state index is -0.595. The molecule has 0 saturated heterocycles. The molecule has 0 aliphatic rings. The van der Waals surface area contributed by atoms with Crippen molar-refractivity contribution < 1.29 is 14.8 Å². The van der Waals surface area contributed by atoms with Crippen LogP contribution in [0.1, 0.15) is 11.1 Å². The van der Waals surface area contributed by atoms with Crippen LogP contribution in [0.15, 0.2) is 42.5 Å². The number of hydrogen-bond donors (Lipinski definition) is 0. The molecule has 0 fully saturated rings. The minimum Gasteiger partial charge on any atom is -0.264 e. The van der Waals surface area contributed by atoms with Crippen molar-refractivity contribution in [1.29, 1.82) is 0 Å². The third kappa shape index (κ3) is 3.84. The molecule has 0 spiro atoms. The summed E-state index contributed by atoms with van der Waals surface area (Å²) in [4.78, 5) is 30.8. The Hall–Kier alpha value is -3.36. The van der Waals surface area contributed by atoms with Gasteiger partial charge < -0.3 is 0 Å². The van der Waals surface area contributed by atoms with E-state index < -0.39 is 27.9 Å². The quantitative estimate of drug-likeness (QED) is 0.594. The van der Waals surface area contributed by atoms with E-state index in [9.17, 15) is 30.3 Å². The molecule has 23 heavy (non-hydrogen) atoms. The number of rotatable bonds is 6. The third-order valence-electron chi connectivity index (χ3n) is 3.23. The Morgan fingerprint density at radius 2 is 1.48 bits per heavy atom. The zero-order chi connectivity index (χ0) is 17.0. The highest BCUT2D eigenvalue weighted by molar-refractivity contribution is 5.70. The topological polar surface area (TPSA) is 129 Å². The lowest BCUT2D eigenvalue weighted by Gasteiger charge is -2.10. The van der Waals surface area contributed by atoms with Crippen molar-refractivity contribution in [3.8, 4) is 11.1 Å². The van der Waals surface area contributed by atoms with Gasteiger partial charge in [0.2, 0.25) is 13.1 Å². The molecule has 0 aliphatic heterocycles. The second kappa shape index (κ2) is 6.60. The first-order chi connectivity index (χ1) is 10.9. The molecule has 0 bridgehead atoms. The van der Waals surface area contributed by atoms with Crippen molar-refractivity contribution in [3.05, 3.63) is 83.9 Å². The fourth-order valence-corrected chi connectivity index (χ4v) is 2.30. The van der Waals surface area contributed by atoms with Crippen LogP contribution in [0.5, 0.6) is 0 Å². The molecule has 118 valence electrons. The molecule has 2 aromatic carbocycles. The number of nitro groups is 3. The SMILES string of the molecule is O=[N+]([O-])Cc1cccc(-c2cccc([N+](=O)[O-])c2)c1C[N+](=O)[O-]. The van der Waals surface area contributed by atoms with Gasteiger partial charge in [0.1, 0.15) is 0 Å². The highest BCUT2D eigenvalue weighted by Gasteiger charge is 2.19. The van der Waals surface area contributed by atoms with Crippen LogP contribution in [0.4, 0.5) is 5.69 Å². The third-order valence-corrected chi connectivity index (χ3v) is 3.23. The molecular weight excluding hydrogens is 306 g/mol. The molecule has 9 heteroatoms. The average Bonchev–Trinajstić information content (AvgIpc) is 2.48. The van der Waals surface area contributed by atoms with Crippen LogP contribution >= 0.6 is 0 Å². The minimum absolute atomic E-state index is 0.158. The fourth-order valence-electron chi connectivity index (χ4n) is 2.30. The van der Waals surface area contributed by atoms with Gasteiger partial charge in [0.15, 0.2) is 0 Å². The Bertz CT molecular complexity index is 790. The average molecular weight is 317 g/mol. The second-order valence-electron chi connectivity index (χ2n) is 4.73. The van der Waals surface area contributed by atoms with Gasteiger partial charge in [-0.2, -0.15) is 0 Å². The van der Waals surface area contributed by atoms with Crippen LogP contribution < -0.4 is 0 Å². The zero-order valence-electron chi connectivity index (χ0n) is 11.7. The van der Waals surface area contributed by atoms with Crippen LogP contribution in [0.25, 0.3) is 11.1 Å². The summed E-state index contributed by atoms with van der Waals surface area (Å²) in [6, 6.07) is 10.2. The molecule has 0 radical (unpaired) electrons. The summed E-state index contributed by atoms with van der Waals surface area (Å²) < 4.78 is 0. The Labute approximate surface area is 129 Å². The van der Waals surface area contributed by atoms with Gasteiger partial charge in [0.05, 0.1) is 4.92 Å². The Morgan fingerprint density at radius 3 is 2.09 bits per heavy atom. The first kappa shape index (κ1) is 16.0. The van der Waals surface area contributed by atoms with Crippen LogP contribution in [-0.2, 0) is 13.1 Å². The molecule has 0 aromatic heterocycles. The Balaban J connectivity index is 2.61. The number of benzene rings is 2. The number of non-ortho nitro benzene ring substituents is 1. The van der Waals surface area contributed by atoms with E-state index in [-0.39, 0.29) is 16.8 Å². The lowest BCUT2D eigenvalue weighted by molar-refractivity contribution is -0.503. The van der Waals surface area contributed by atoms with E-state index in [0.29, 0.717) is 11.1 Å². The fraction of sp³-hybridized carbons (Fsp3) is 0.143. The van der Waals surface area contributed by atoms with Crippen LogP contribution in [-0.4, -0.2) is 14.8 Å². The van der Waals surface area contributed by atoms with E-state index in [2.05, 4.69) is 0 Å². The number of hydrogen-bond acceptors (Lipinski definition) is 6. The summed E-state index contributed by atoms with van der Waals surface area (Å²) in [5.74, 6) is 0. The maximum atomic E-state index is 10.9. The van der Waals surface area contributed by atoms with Gasteiger partial charge >= 0.3 is 0 Å². The largest absolute Gasteiger partial charge is 0.270 e. The van der Waals surface area contributed by atoms with Crippen molar-refractivity contribution in [3.63, 3.8) is 0 Å². The standard InChI is InChI=1S/C14H11N3O6/c18-15(19)8-11-4-2-6-13(14(11)9-16(20)21)10-3-1-5-12(7-10)17(22)23/h1-7H,8-9H2. The lowest BCUT2D eigenvalue weighted by Crippen LogP contribution is -2.08. The van der Waals surface area contributed by atoms with E-state index in [1.165, 1.54) is 30.3 Å². The van der Waals surface area contributed by atoms with E-state index >= 15 is 0 Å². The highest BCUT2D eigenvalue weighted by Crippen LogP contribution is 2.29. The summed E-state index contributed by atoms with van der Waals surface area (Å²) in [5.41, 5.74) is 1.03. The molecule has 9 nitrogen and oxygen atoms in total.